The van der Waals surface area contributed by atoms with Gasteiger partial charge in [0.2, 0.25) is 0 Å². The number of carbonyl (C=O) groups excluding carboxylic acids is 1. The van der Waals surface area contributed by atoms with E-state index >= 15 is 0 Å². The van der Waals surface area contributed by atoms with Crippen LogP contribution in [0, 0.1) is 16.0 Å². The number of rotatable bonds is 6. The second-order valence-corrected chi connectivity index (χ2v) is 6.50. The first kappa shape index (κ1) is 17.7. The third-order valence-electron chi connectivity index (χ3n) is 4.14. The molecule has 0 aromatic heterocycles. The van der Waals surface area contributed by atoms with Crippen LogP contribution in [0.25, 0.3) is 0 Å². The molecule has 0 unspecified atom stereocenters. The summed E-state index contributed by atoms with van der Waals surface area (Å²) in [5.74, 6) is 0.367. The first-order valence-corrected chi connectivity index (χ1v) is 8.22. The smallest absolute Gasteiger partial charge is 0.287 e. The van der Waals surface area contributed by atoms with E-state index in [0.29, 0.717) is 11.5 Å². The molecule has 1 aromatic rings. The Labute approximate surface area is 141 Å². The summed E-state index contributed by atoms with van der Waals surface area (Å²) in [6.07, 6.45) is 2.10. The van der Waals surface area contributed by atoms with Gasteiger partial charge in [0.1, 0.15) is 5.02 Å². The van der Waals surface area contributed by atoms with Crippen LogP contribution in [0.5, 0.6) is 0 Å². The Kier molecular flexibility index (Phi) is 5.96. The highest BCUT2D eigenvalue weighted by atomic mass is 35.5. The van der Waals surface area contributed by atoms with Gasteiger partial charge in [0.25, 0.3) is 11.6 Å². The van der Waals surface area contributed by atoms with Crippen LogP contribution in [-0.2, 0) is 0 Å². The number of hydrogen-bond acceptors (Lipinski definition) is 4. The summed E-state index contributed by atoms with van der Waals surface area (Å²) < 4.78 is 0. The number of carbonyl (C=O) groups is 1. The molecule has 0 N–H and O–H groups in total. The van der Waals surface area contributed by atoms with Crippen molar-refractivity contribution in [3.05, 3.63) is 38.9 Å². The van der Waals surface area contributed by atoms with Crippen LogP contribution >= 0.6 is 11.6 Å². The number of nitro benzene ring substituents is 1. The van der Waals surface area contributed by atoms with Gasteiger partial charge in [0.15, 0.2) is 0 Å². The Bertz CT molecular complexity index is 594. The second-order valence-electron chi connectivity index (χ2n) is 6.09. The average Bonchev–Trinajstić information content (AvgIpc) is 2.94. The number of hydrogen-bond donors (Lipinski definition) is 0. The van der Waals surface area contributed by atoms with Crippen molar-refractivity contribution in [2.24, 2.45) is 5.92 Å². The maximum atomic E-state index is 12.5. The molecule has 1 saturated heterocycles. The van der Waals surface area contributed by atoms with Gasteiger partial charge in [-0.3, -0.25) is 14.9 Å². The van der Waals surface area contributed by atoms with E-state index in [0.717, 1.165) is 39.0 Å². The molecule has 1 aliphatic rings. The maximum Gasteiger partial charge on any atom is 0.287 e. The predicted octanol–water partition coefficient (Wildman–Crippen LogP) is 3.05. The van der Waals surface area contributed by atoms with Gasteiger partial charge in [-0.1, -0.05) is 18.5 Å². The number of likely N-dealkylation sites (tertiary alicyclic amines) is 1. The summed E-state index contributed by atoms with van der Waals surface area (Å²) in [4.78, 5) is 26.9. The average molecular weight is 340 g/mol. The zero-order valence-electron chi connectivity index (χ0n) is 13.5. The summed E-state index contributed by atoms with van der Waals surface area (Å²) in [5.41, 5.74) is 0.229. The Morgan fingerprint density at radius 2 is 2.26 bits per heavy atom. The van der Waals surface area contributed by atoms with E-state index in [4.69, 9.17) is 11.6 Å². The number of benzene rings is 1. The van der Waals surface area contributed by atoms with Crippen molar-refractivity contribution in [3.63, 3.8) is 0 Å². The fraction of sp³-hybridized carbons (Fsp3) is 0.562. The minimum absolute atomic E-state index is 0.000670. The third-order valence-corrected chi connectivity index (χ3v) is 4.44. The molecule has 0 spiro atoms. The lowest BCUT2D eigenvalue weighted by molar-refractivity contribution is -0.384. The highest BCUT2D eigenvalue weighted by Gasteiger charge is 2.28. The molecule has 1 heterocycles. The van der Waals surface area contributed by atoms with Gasteiger partial charge in [0.05, 0.1) is 4.92 Å². The third kappa shape index (κ3) is 4.42. The molecule has 0 radical (unpaired) electrons. The number of nitro groups is 1. The normalized spacial score (nSPS) is 17.7. The topological polar surface area (TPSA) is 66.7 Å². The number of halogens is 1. The summed E-state index contributed by atoms with van der Waals surface area (Å²) in [6.45, 7) is 5.64. The monoisotopic (exact) mass is 339 g/mol. The van der Waals surface area contributed by atoms with Crippen molar-refractivity contribution in [1.82, 2.24) is 9.80 Å². The Morgan fingerprint density at radius 3 is 2.87 bits per heavy atom. The van der Waals surface area contributed by atoms with Crippen LogP contribution < -0.4 is 0 Å². The van der Waals surface area contributed by atoms with Crippen LogP contribution in [0.15, 0.2) is 18.2 Å². The van der Waals surface area contributed by atoms with Crippen molar-refractivity contribution in [2.45, 2.75) is 19.8 Å². The van der Waals surface area contributed by atoms with Gasteiger partial charge >= 0.3 is 0 Å². The summed E-state index contributed by atoms with van der Waals surface area (Å²) in [5, 5.41) is 10.8. The van der Waals surface area contributed by atoms with Gasteiger partial charge in [-0.25, -0.2) is 0 Å². The molecule has 126 valence electrons. The fourth-order valence-electron chi connectivity index (χ4n) is 3.05. The first-order chi connectivity index (χ1) is 10.9. The summed E-state index contributed by atoms with van der Waals surface area (Å²) in [7, 11) is 2.10. The van der Waals surface area contributed by atoms with Crippen LogP contribution in [-0.4, -0.2) is 53.9 Å². The minimum atomic E-state index is -0.550. The van der Waals surface area contributed by atoms with Crippen molar-refractivity contribution < 1.29 is 9.72 Å². The van der Waals surface area contributed by atoms with Gasteiger partial charge < -0.3 is 9.80 Å². The quantitative estimate of drug-likeness (QED) is 0.590. The highest BCUT2D eigenvalue weighted by molar-refractivity contribution is 6.33. The van der Waals surface area contributed by atoms with Crippen LogP contribution in [0.4, 0.5) is 5.69 Å². The molecule has 1 aromatic carbocycles. The molecule has 1 atom stereocenters. The van der Waals surface area contributed by atoms with Gasteiger partial charge in [-0.2, -0.15) is 0 Å². The zero-order valence-corrected chi connectivity index (χ0v) is 14.3. The first-order valence-electron chi connectivity index (χ1n) is 7.84. The van der Waals surface area contributed by atoms with E-state index < -0.39 is 4.92 Å². The van der Waals surface area contributed by atoms with E-state index in [-0.39, 0.29) is 16.6 Å². The van der Waals surface area contributed by atoms with Gasteiger partial charge in [0, 0.05) is 31.3 Å². The molecule has 23 heavy (non-hydrogen) atoms. The van der Waals surface area contributed by atoms with Crippen LogP contribution in [0.1, 0.15) is 30.1 Å². The molecule has 1 fully saturated rings. The molecule has 1 amide bonds. The van der Waals surface area contributed by atoms with Crippen molar-refractivity contribution in [1.29, 1.82) is 0 Å². The molecule has 0 bridgehead atoms. The molecule has 0 aliphatic carbocycles. The van der Waals surface area contributed by atoms with Crippen LogP contribution in [0.3, 0.4) is 0 Å². The largest absolute Gasteiger partial charge is 0.338 e. The van der Waals surface area contributed by atoms with Crippen molar-refractivity contribution in [3.8, 4) is 0 Å². The lowest BCUT2D eigenvalue weighted by Crippen LogP contribution is -2.32. The molecular weight excluding hydrogens is 318 g/mol. The number of amides is 1. The summed E-state index contributed by atoms with van der Waals surface area (Å²) in [6, 6.07) is 4.15. The molecule has 0 saturated carbocycles. The Balaban J connectivity index is 1.99. The molecule has 6 nitrogen and oxygen atoms in total. The standard InChI is InChI=1S/C16H22ClN3O3/c1-3-7-18(2)10-12-6-8-19(11-12)16(21)13-4-5-15(20(22)23)14(17)9-13/h4-5,9,12H,3,6-8,10-11H2,1-2H3/t12-/m0/s1. The predicted molar refractivity (Wildman–Crippen MR) is 89.9 cm³/mol. The minimum Gasteiger partial charge on any atom is -0.338 e. The summed E-state index contributed by atoms with van der Waals surface area (Å²) >= 11 is 5.89. The fourth-order valence-corrected chi connectivity index (χ4v) is 3.30. The lowest BCUT2D eigenvalue weighted by atomic mass is 10.1. The van der Waals surface area contributed by atoms with E-state index in [1.165, 1.54) is 18.2 Å². The number of nitrogens with zero attached hydrogens (tertiary/aromatic N) is 3. The maximum absolute atomic E-state index is 12.5. The van der Waals surface area contributed by atoms with Crippen LogP contribution in [0.2, 0.25) is 5.02 Å². The molecule has 7 heteroatoms. The molecular formula is C16H22ClN3O3. The Hall–Kier alpha value is -1.66. The van der Waals surface area contributed by atoms with E-state index in [9.17, 15) is 14.9 Å². The van der Waals surface area contributed by atoms with Crippen molar-refractivity contribution in [2.75, 3.05) is 33.2 Å². The van der Waals surface area contributed by atoms with Gasteiger partial charge in [-0.05, 0) is 44.5 Å². The van der Waals surface area contributed by atoms with Gasteiger partial charge in [-0.15, -0.1) is 0 Å². The van der Waals surface area contributed by atoms with E-state index in [2.05, 4.69) is 18.9 Å². The van der Waals surface area contributed by atoms with Crippen molar-refractivity contribution >= 4 is 23.2 Å². The molecule has 1 aliphatic heterocycles. The zero-order chi connectivity index (χ0) is 17.0. The second kappa shape index (κ2) is 7.75. The lowest BCUT2D eigenvalue weighted by Gasteiger charge is -2.21. The highest BCUT2D eigenvalue weighted by Crippen LogP contribution is 2.27. The molecule has 2 rings (SSSR count). The van der Waals surface area contributed by atoms with E-state index in [1.54, 1.807) is 0 Å². The Morgan fingerprint density at radius 1 is 1.52 bits per heavy atom. The van der Waals surface area contributed by atoms with E-state index in [1.807, 2.05) is 4.90 Å². The SMILES string of the molecule is CCCN(C)C[C@@H]1CCN(C(=O)c2ccc([N+](=O)[O-])c(Cl)c2)C1.